The Bertz CT molecular complexity index is 752. The highest BCUT2D eigenvalue weighted by molar-refractivity contribution is 5.86. The highest BCUT2D eigenvalue weighted by Gasteiger charge is 2.51. The number of hydrogen-bond acceptors (Lipinski definition) is 7. The molecule has 1 unspecified atom stereocenters. The van der Waals surface area contributed by atoms with Crippen LogP contribution in [0.2, 0.25) is 0 Å². The number of ether oxygens (including phenoxy) is 2. The number of piperidine rings is 2. The van der Waals surface area contributed by atoms with E-state index in [0.29, 0.717) is 32.5 Å². The zero-order chi connectivity index (χ0) is 20.5. The van der Waals surface area contributed by atoms with Crippen LogP contribution in [0, 0.1) is 0 Å². The summed E-state index contributed by atoms with van der Waals surface area (Å²) in [5.41, 5.74) is -0.326. The molecule has 4 rings (SSSR count). The summed E-state index contributed by atoms with van der Waals surface area (Å²) in [6.45, 7) is 3.96. The van der Waals surface area contributed by atoms with Crippen molar-refractivity contribution in [3.63, 3.8) is 0 Å². The number of rotatable bonds is 4. The Morgan fingerprint density at radius 1 is 1.17 bits per heavy atom. The number of aromatic nitrogens is 2. The van der Waals surface area contributed by atoms with Crippen LogP contribution in [-0.2, 0) is 20.8 Å². The summed E-state index contributed by atoms with van der Waals surface area (Å²) < 4.78 is 11.5. The smallest absolute Gasteiger partial charge is 0.410 e. The van der Waals surface area contributed by atoms with Crippen molar-refractivity contribution in [3.05, 3.63) is 24.3 Å². The maximum atomic E-state index is 13.5. The van der Waals surface area contributed by atoms with Crippen molar-refractivity contribution >= 4 is 12.0 Å². The minimum atomic E-state index is -0.809. The van der Waals surface area contributed by atoms with Crippen molar-refractivity contribution in [2.75, 3.05) is 46.9 Å². The molecule has 0 saturated carbocycles. The van der Waals surface area contributed by atoms with E-state index in [1.165, 1.54) is 6.33 Å². The van der Waals surface area contributed by atoms with Gasteiger partial charge in [-0.15, -0.1) is 0 Å². The van der Waals surface area contributed by atoms with Gasteiger partial charge in [-0.3, -0.25) is 9.69 Å². The van der Waals surface area contributed by atoms with Gasteiger partial charge in [0.2, 0.25) is 0 Å². The van der Waals surface area contributed by atoms with Gasteiger partial charge in [0, 0.05) is 58.3 Å². The van der Waals surface area contributed by atoms with Gasteiger partial charge in [-0.05, 0) is 25.7 Å². The molecule has 9 heteroatoms. The largest absolute Gasteiger partial charge is 0.439 e. The van der Waals surface area contributed by atoms with Gasteiger partial charge in [-0.25, -0.2) is 14.8 Å². The quantitative estimate of drug-likeness (QED) is 0.738. The Kier molecular flexibility index (Phi) is 5.44. The first-order valence-corrected chi connectivity index (χ1v) is 10.2. The highest BCUT2D eigenvalue weighted by atomic mass is 16.6. The third kappa shape index (κ3) is 3.93. The molecule has 3 aliphatic rings. The normalized spacial score (nSPS) is 27.3. The van der Waals surface area contributed by atoms with E-state index in [1.807, 2.05) is 17.3 Å². The summed E-state index contributed by atoms with van der Waals surface area (Å²) in [6.07, 6.45) is 7.76. The first kappa shape index (κ1) is 20.0. The zero-order valence-corrected chi connectivity index (χ0v) is 17.2. The number of amides is 2. The molecule has 1 aromatic heterocycles. The molecule has 158 valence electrons. The van der Waals surface area contributed by atoms with E-state index < -0.39 is 11.2 Å². The summed E-state index contributed by atoms with van der Waals surface area (Å²) in [4.78, 5) is 39.2. The van der Waals surface area contributed by atoms with Crippen molar-refractivity contribution in [1.29, 1.82) is 0 Å². The molecule has 4 heterocycles. The molecule has 3 saturated heterocycles. The molecule has 3 fully saturated rings. The van der Waals surface area contributed by atoms with Crippen LogP contribution in [0.4, 0.5) is 4.79 Å². The van der Waals surface area contributed by atoms with Crippen LogP contribution in [-0.4, -0.2) is 94.8 Å². The molecular formula is C20H29N5O4. The predicted molar refractivity (Wildman–Crippen MR) is 104 cm³/mol. The summed E-state index contributed by atoms with van der Waals surface area (Å²) in [6, 6.07) is 0. The fourth-order valence-electron chi connectivity index (χ4n) is 4.81. The van der Waals surface area contributed by atoms with E-state index >= 15 is 0 Å². The molecule has 0 bridgehead atoms. The fourth-order valence-corrected chi connectivity index (χ4v) is 4.81. The molecule has 9 nitrogen and oxygen atoms in total. The van der Waals surface area contributed by atoms with Gasteiger partial charge < -0.3 is 19.3 Å². The lowest BCUT2D eigenvalue weighted by Crippen LogP contribution is -2.60. The average molecular weight is 403 g/mol. The minimum absolute atomic E-state index is 0.0207. The van der Waals surface area contributed by atoms with Crippen LogP contribution in [0.15, 0.2) is 18.7 Å². The summed E-state index contributed by atoms with van der Waals surface area (Å²) in [5.74, 6) is 0.0207. The molecule has 0 aromatic carbocycles. The number of likely N-dealkylation sites (tertiary alicyclic amines) is 2. The van der Waals surface area contributed by atoms with Crippen molar-refractivity contribution in [2.24, 2.45) is 0 Å². The number of methoxy groups -OCH3 is 1. The maximum absolute atomic E-state index is 13.5. The second-order valence-corrected chi connectivity index (χ2v) is 8.46. The van der Waals surface area contributed by atoms with Crippen LogP contribution < -0.4 is 0 Å². The second-order valence-electron chi connectivity index (χ2n) is 8.46. The molecule has 29 heavy (non-hydrogen) atoms. The Hall–Kier alpha value is -2.26. The van der Waals surface area contributed by atoms with E-state index in [4.69, 9.17) is 9.47 Å². The van der Waals surface area contributed by atoms with Crippen LogP contribution in [0.1, 0.15) is 31.2 Å². The standard InChI is InChI=1S/C20H29N5O4/c1-23-13-19(29-18(23)27)4-3-7-25(14-19)17(26)20(28-2)5-8-24(9-6-20)12-16-10-21-15-22-11-16/h10-11,15H,3-9,12-14H2,1-2H3. The summed E-state index contributed by atoms with van der Waals surface area (Å²) in [7, 11) is 3.36. The van der Waals surface area contributed by atoms with E-state index in [0.717, 1.165) is 38.0 Å². The van der Waals surface area contributed by atoms with E-state index in [9.17, 15) is 9.59 Å². The Morgan fingerprint density at radius 2 is 1.90 bits per heavy atom. The molecule has 0 N–H and O–H groups in total. The average Bonchev–Trinajstić information content (AvgIpc) is 3.01. The molecule has 1 spiro atoms. The van der Waals surface area contributed by atoms with Crippen molar-refractivity contribution in [3.8, 4) is 0 Å². The topological polar surface area (TPSA) is 88.1 Å². The minimum Gasteiger partial charge on any atom is -0.439 e. The van der Waals surface area contributed by atoms with Gasteiger partial charge in [0.25, 0.3) is 5.91 Å². The number of hydrogen-bond donors (Lipinski definition) is 0. The monoisotopic (exact) mass is 403 g/mol. The van der Waals surface area contributed by atoms with Crippen molar-refractivity contribution < 1.29 is 19.1 Å². The maximum Gasteiger partial charge on any atom is 0.410 e. The van der Waals surface area contributed by atoms with Crippen LogP contribution in [0.3, 0.4) is 0 Å². The molecule has 3 aliphatic heterocycles. The van der Waals surface area contributed by atoms with Crippen LogP contribution >= 0.6 is 0 Å². The summed E-state index contributed by atoms with van der Waals surface area (Å²) >= 11 is 0. The number of nitrogens with zero attached hydrogens (tertiary/aromatic N) is 5. The number of likely N-dealkylation sites (N-methyl/N-ethyl adjacent to an activating group) is 1. The van der Waals surface area contributed by atoms with E-state index in [-0.39, 0.29) is 12.0 Å². The highest BCUT2D eigenvalue weighted by Crippen LogP contribution is 2.35. The van der Waals surface area contributed by atoms with Gasteiger partial charge in [0.05, 0.1) is 13.1 Å². The van der Waals surface area contributed by atoms with Gasteiger partial charge in [-0.2, -0.15) is 0 Å². The van der Waals surface area contributed by atoms with Crippen molar-refractivity contribution in [1.82, 2.24) is 24.7 Å². The molecule has 2 amide bonds. The predicted octanol–water partition coefficient (Wildman–Crippen LogP) is 0.901. The molecule has 1 atom stereocenters. The summed E-state index contributed by atoms with van der Waals surface area (Å²) in [5, 5.41) is 0. The Morgan fingerprint density at radius 3 is 2.52 bits per heavy atom. The van der Waals surface area contributed by atoms with Gasteiger partial charge >= 0.3 is 6.09 Å². The third-order valence-corrected chi connectivity index (χ3v) is 6.43. The first-order chi connectivity index (χ1) is 14.0. The molecule has 0 aliphatic carbocycles. The first-order valence-electron chi connectivity index (χ1n) is 10.2. The SMILES string of the molecule is COC1(C(=O)N2CCCC3(CN(C)C(=O)O3)C2)CCN(Cc2cncnc2)CC1. The van der Waals surface area contributed by atoms with Gasteiger partial charge in [0.15, 0.2) is 0 Å². The Balaban J connectivity index is 1.40. The van der Waals surface area contributed by atoms with Crippen LogP contribution in [0.25, 0.3) is 0 Å². The van der Waals surface area contributed by atoms with E-state index in [2.05, 4.69) is 14.9 Å². The lowest BCUT2D eigenvalue weighted by molar-refractivity contribution is -0.166. The van der Waals surface area contributed by atoms with Gasteiger partial charge in [0.1, 0.15) is 17.5 Å². The molecule has 0 radical (unpaired) electrons. The fraction of sp³-hybridized carbons (Fsp3) is 0.700. The molecule has 1 aromatic rings. The Labute approximate surface area is 171 Å². The number of carbonyl (C=O) groups is 2. The zero-order valence-electron chi connectivity index (χ0n) is 17.2. The van der Waals surface area contributed by atoms with E-state index in [1.54, 1.807) is 19.1 Å². The van der Waals surface area contributed by atoms with Crippen LogP contribution in [0.5, 0.6) is 0 Å². The lowest BCUT2D eigenvalue weighted by atomic mass is 9.86. The lowest BCUT2D eigenvalue weighted by Gasteiger charge is -2.45. The molecular weight excluding hydrogens is 374 g/mol. The van der Waals surface area contributed by atoms with Gasteiger partial charge in [-0.1, -0.05) is 0 Å². The third-order valence-electron chi connectivity index (χ3n) is 6.43. The number of carbonyl (C=O) groups excluding carboxylic acids is 2. The van der Waals surface area contributed by atoms with Crippen molar-refractivity contribution in [2.45, 2.75) is 43.4 Å². The second kappa shape index (κ2) is 7.87.